The van der Waals surface area contributed by atoms with Crippen LogP contribution in [0, 0.1) is 11.6 Å². The molecule has 2 rings (SSSR count). The molecule has 0 aliphatic rings. The molecule has 7 heteroatoms. The highest BCUT2D eigenvalue weighted by atomic mass is 19.1. The molecule has 1 N–H and O–H groups in total. The molecule has 0 bridgehead atoms. The van der Waals surface area contributed by atoms with Crippen LogP contribution >= 0.6 is 0 Å². The summed E-state index contributed by atoms with van der Waals surface area (Å²) in [6.45, 7) is 3.72. The average molecular weight is 293 g/mol. The van der Waals surface area contributed by atoms with Crippen molar-refractivity contribution < 1.29 is 18.3 Å². The Kier molecular flexibility index (Phi) is 4.65. The lowest BCUT2D eigenvalue weighted by molar-refractivity contribution is 0.0951. The fourth-order valence-corrected chi connectivity index (χ4v) is 1.54. The normalized spacial score (nSPS) is 10.2. The summed E-state index contributed by atoms with van der Waals surface area (Å²) in [5.74, 6) is -1.92. The summed E-state index contributed by atoms with van der Waals surface area (Å²) in [6.07, 6.45) is 3.07. The van der Waals surface area contributed by atoms with E-state index in [1.54, 1.807) is 6.08 Å². The zero-order valence-corrected chi connectivity index (χ0v) is 11.1. The first kappa shape index (κ1) is 14.7. The summed E-state index contributed by atoms with van der Waals surface area (Å²) in [5, 5.41) is 6.55. The number of rotatable bonds is 6. The Balaban J connectivity index is 1.96. The van der Waals surface area contributed by atoms with E-state index < -0.39 is 11.6 Å². The van der Waals surface area contributed by atoms with E-state index in [0.29, 0.717) is 6.54 Å². The molecular weight excluding hydrogens is 280 g/mol. The van der Waals surface area contributed by atoms with E-state index in [0.717, 1.165) is 12.1 Å². The second-order valence-corrected chi connectivity index (χ2v) is 4.09. The van der Waals surface area contributed by atoms with Crippen LogP contribution < -0.4 is 10.1 Å². The summed E-state index contributed by atoms with van der Waals surface area (Å²) in [5.41, 5.74) is 0.208. The van der Waals surface area contributed by atoms with Gasteiger partial charge in [0.25, 0.3) is 5.91 Å². The van der Waals surface area contributed by atoms with Gasteiger partial charge in [-0.1, -0.05) is 6.08 Å². The third kappa shape index (κ3) is 3.88. The smallest absolute Gasteiger partial charge is 0.272 e. The first-order valence-electron chi connectivity index (χ1n) is 6.10. The van der Waals surface area contributed by atoms with Crippen LogP contribution in [0.4, 0.5) is 8.78 Å². The van der Waals surface area contributed by atoms with Gasteiger partial charge in [0.05, 0.1) is 0 Å². The molecule has 0 atom stereocenters. The minimum Gasteiger partial charge on any atom is -0.468 e. The van der Waals surface area contributed by atoms with E-state index in [-0.39, 0.29) is 24.1 Å². The van der Waals surface area contributed by atoms with Crippen molar-refractivity contribution in [2.75, 3.05) is 6.54 Å². The fraction of sp³-hybridized carbons (Fsp3) is 0.143. The third-order valence-electron chi connectivity index (χ3n) is 2.53. The summed E-state index contributed by atoms with van der Waals surface area (Å²) in [7, 11) is 0. The lowest BCUT2D eigenvalue weighted by Crippen LogP contribution is -2.24. The number of hydrogen-bond acceptors (Lipinski definition) is 3. The first-order valence-corrected chi connectivity index (χ1v) is 6.10. The van der Waals surface area contributed by atoms with Crippen molar-refractivity contribution in [1.29, 1.82) is 0 Å². The van der Waals surface area contributed by atoms with Crippen molar-refractivity contribution in [3.8, 4) is 5.75 Å². The molecule has 1 aromatic carbocycles. The van der Waals surface area contributed by atoms with E-state index in [2.05, 4.69) is 17.0 Å². The van der Waals surface area contributed by atoms with Crippen LogP contribution in [0.3, 0.4) is 0 Å². The largest absolute Gasteiger partial charge is 0.468 e. The van der Waals surface area contributed by atoms with Crippen molar-refractivity contribution >= 4 is 5.91 Å². The Hall–Kier alpha value is -2.70. The molecule has 0 spiro atoms. The lowest BCUT2D eigenvalue weighted by atomic mass is 10.3. The van der Waals surface area contributed by atoms with Gasteiger partial charge in [-0.3, -0.25) is 4.79 Å². The standard InChI is InChI=1S/C14H13F2N3O2/c1-2-6-17-14(20)12-5-7-19(18-12)9-21-13-4-3-10(15)8-11(13)16/h2-5,7-8H,1,6,9H2,(H,17,20). The minimum atomic E-state index is -0.800. The number of aromatic nitrogens is 2. The molecule has 0 aliphatic heterocycles. The fourth-order valence-electron chi connectivity index (χ4n) is 1.54. The van der Waals surface area contributed by atoms with Gasteiger partial charge in [-0.25, -0.2) is 13.5 Å². The van der Waals surface area contributed by atoms with Crippen LogP contribution in [0.15, 0.2) is 43.1 Å². The highest BCUT2D eigenvalue weighted by molar-refractivity contribution is 5.92. The Bertz CT molecular complexity index is 655. The predicted octanol–water partition coefficient (Wildman–Crippen LogP) is 2.11. The van der Waals surface area contributed by atoms with Gasteiger partial charge in [-0.2, -0.15) is 5.10 Å². The molecule has 21 heavy (non-hydrogen) atoms. The molecule has 5 nitrogen and oxygen atoms in total. The van der Waals surface area contributed by atoms with E-state index in [4.69, 9.17) is 4.74 Å². The van der Waals surface area contributed by atoms with Crippen molar-refractivity contribution in [2.45, 2.75) is 6.73 Å². The van der Waals surface area contributed by atoms with Crippen LogP contribution in [0.1, 0.15) is 10.5 Å². The van der Waals surface area contributed by atoms with Gasteiger partial charge in [-0.15, -0.1) is 6.58 Å². The van der Waals surface area contributed by atoms with Crippen LogP contribution in [-0.4, -0.2) is 22.2 Å². The molecule has 0 radical (unpaired) electrons. The summed E-state index contributed by atoms with van der Waals surface area (Å²) in [4.78, 5) is 11.6. The van der Waals surface area contributed by atoms with E-state index in [1.165, 1.54) is 23.0 Å². The van der Waals surface area contributed by atoms with Crippen LogP contribution in [0.25, 0.3) is 0 Å². The highest BCUT2D eigenvalue weighted by Gasteiger charge is 2.09. The highest BCUT2D eigenvalue weighted by Crippen LogP contribution is 2.17. The second-order valence-electron chi connectivity index (χ2n) is 4.09. The summed E-state index contributed by atoms with van der Waals surface area (Å²) < 4.78 is 32.6. The maximum Gasteiger partial charge on any atom is 0.272 e. The van der Waals surface area contributed by atoms with Gasteiger partial charge in [0.1, 0.15) is 11.5 Å². The lowest BCUT2D eigenvalue weighted by Gasteiger charge is -2.07. The monoisotopic (exact) mass is 293 g/mol. The van der Waals surface area contributed by atoms with Gasteiger partial charge >= 0.3 is 0 Å². The summed E-state index contributed by atoms with van der Waals surface area (Å²) >= 11 is 0. The molecule has 1 heterocycles. The maximum absolute atomic E-state index is 13.4. The second kappa shape index (κ2) is 6.65. The third-order valence-corrected chi connectivity index (χ3v) is 2.53. The Morgan fingerprint density at radius 1 is 1.43 bits per heavy atom. The molecule has 0 saturated carbocycles. The van der Waals surface area contributed by atoms with Crippen molar-refractivity contribution in [1.82, 2.24) is 15.1 Å². The summed E-state index contributed by atoms with van der Waals surface area (Å²) in [6, 6.07) is 4.51. The molecule has 1 amide bonds. The Morgan fingerprint density at radius 2 is 2.24 bits per heavy atom. The Morgan fingerprint density at radius 3 is 2.95 bits per heavy atom. The topological polar surface area (TPSA) is 56.2 Å². The Labute approximate surface area is 119 Å². The average Bonchev–Trinajstić information content (AvgIpc) is 2.93. The van der Waals surface area contributed by atoms with Crippen LogP contribution in [0.5, 0.6) is 5.75 Å². The molecule has 0 saturated heterocycles. The van der Waals surface area contributed by atoms with Crippen molar-refractivity contribution in [3.63, 3.8) is 0 Å². The van der Waals surface area contributed by atoms with Crippen molar-refractivity contribution in [2.24, 2.45) is 0 Å². The number of ether oxygens (including phenoxy) is 1. The zero-order chi connectivity index (χ0) is 15.2. The van der Waals surface area contributed by atoms with Gasteiger partial charge in [0, 0.05) is 18.8 Å². The number of nitrogens with zero attached hydrogens (tertiary/aromatic N) is 2. The molecular formula is C14H13F2N3O2. The number of nitrogens with one attached hydrogen (secondary N) is 1. The number of carbonyl (C=O) groups excluding carboxylic acids is 1. The number of carbonyl (C=O) groups is 1. The van der Waals surface area contributed by atoms with Crippen molar-refractivity contribution in [3.05, 3.63) is 60.4 Å². The first-order chi connectivity index (χ1) is 10.1. The predicted molar refractivity (Wildman–Crippen MR) is 71.7 cm³/mol. The SMILES string of the molecule is C=CCNC(=O)c1ccn(COc2ccc(F)cc2F)n1. The van der Waals surface area contributed by atoms with Gasteiger partial charge < -0.3 is 10.1 Å². The number of halogens is 2. The van der Waals surface area contributed by atoms with E-state index >= 15 is 0 Å². The van der Waals surface area contributed by atoms with Crippen LogP contribution in [-0.2, 0) is 6.73 Å². The van der Waals surface area contributed by atoms with Crippen LogP contribution in [0.2, 0.25) is 0 Å². The maximum atomic E-state index is 13.4. The quantitative estimate of drug-likeness (QED) is 0.830. The molecule has 0 aliphatic carbocycles. The van der Waals surface area contributed by atoms with Gasteiger partial charge in [-0.05, 0) is 18.2 Å². The minimum absolute atomic E-state index is 0.0930. The molecule has 1 aromatic heterocycles. The van der Waals surface area contributed by atoms with E-state index in [1.807, 2.05) is 0 Å². The number of benzene rings is 1. The molecule has 0 unspecified atom stereocenters. The van der Waals surface area contributed by atoms with Gasteiger partial charge in [0.15, 0.2) is 18.3 Å². The van der Waals surface area contributed by atoms with Gasteiger partial charge in [0.2, 0.25) is 0 Å². The van der Waals surface area contributed by atoms with E-state index in [9.17, 15) is 13.6 Å². The zero-order valence-electron chi connectivity index (χ0n) is 11.1. The molecule has 0 fully saturated rings. The molecule has 110 valence electrons. The number of hydrogen-bond donors (Lipinski definition) is 1. The number of amides is 1. The molecule has 2 aromatic rings.